The van der Waals surface area contributed by atoms with Crippen molar-refractivity contribution in [1.82, 2.24) is 4.98 Å². The highest BCUT2D eigenvalue weighted by Crippen LogP contribution is 2.22. The molecule has 0 saturated heterocycles. The lowest BCUT2D eigenvalue weighted by Crippen LogP contribution is -2.27. The Morgan fingerprint density at radius 1 is 1.50 bits per heavy atom. The molecule has 0 atom stereocenters. The Labute approximate surface area is 92.1 Å². The first-order valence-corrected chi connectivity index (χ1v) is 5.12. The van der Waals surface area contributed by atoms with Crippen molar-refractivity contribution < 1.29 is 4.79 Å². The van der Waals surface area contributed by atoms with Crippen molar-refractivity contribution in [2.45, 2.75) is 20.8 Å². The van der Waals surface area contributed by atoms with Crippen molar-refractivity contribution in [3.05, 3.63) is 22.9 Å². The molecule has 0 aromatic carbocycles. The number of amides is 1. The van der Waals surface area contributed by atoms with Crippen LogP contribution in [-0.2, 0) is 4.79 Å². The van der Waals surface area contributed by atoms with Crippen LogP contribution in [0.1, 0.15) is 20.8 Å². The Morgan fingerprint density at radius 2 is 2.14 bits per heavy atom. The normalized spacial score (nSPS) is 11.1. The monoisotopic (exact) mass is 256 g/mol. The van der Waals surface area contributed by atoms with Crippen LogP contribution in [0.4, 0.5) is 5.69 Å². The number of halogens is 1. The fourth-order valence-corrected chi connectivity index (χ4v) is 1.14. The molecule has 1 N–H and O–H groups in total. The van der Waals surface area contributed by atoms with Crippen molar-refractivity contribution in [2.24, 2.45) is 5.41 Å². The third-order valence-corrected chi connectivity index (χ3v) is 2.32. The van der Waals surface area contributed by atoms with Crippen molar-refractivity contribution in [3.8, 4) is 0 Å². The van der Waals surface area contributed by atoms with Crippen molar-refractivity contribution in [3.63, 3.8) is 0 Å². The minimum atomic E-state index is -0.394. The second kappa shape index (κ2) is 4.09. The first-order valence-electron chi connectivity index (χ1n) is 4.33. The van der Waals surface area contributed by atoms with Crippen LogP contribution in [-0.4, -0.2) is 10.9 Å². The number of pyridine rings is 1. The summed E-state index contributed by atoms with van der Waals surface area (Å²) in [5, 5.41) is 2.80. The molecule has 0 radical (unpaired) electrons. The summed E-state index contributed by atoms with van der Waals surface area (Å²) in [5.74, 6) is -0.0220. The van der Waals surface area contributed by atoms with Gasteiger partial charge in [0.15, 0.2) is 0 Å². The van der Waals surface area contributed by atoms with Crippen LogP contribution in [0.3, 0.4) is 0 Å². The Hall–Kier alpha value is -0.900. The summed E-state index contributed by atoms with van der Waals surface area (Å²) in [5.41, 5.74) is 0.308. The number of nitrogens with zero attached hydrogens (tertiary/aromatic N) is 1. The number of hydrogen-bond acceptors (Lipinski definition) is 2. The van der Waals surface area contributed by atoms with E-state index >= 15 is 0 Å². The van der Waals surface area contributed by atoms with E-state index in [1.807, 2.05) is 20.8 Å². The molecule has 1 heterocycles. The molecule has 0 bridgehead atoms. The van der Waals surface area contributed by atoms with E-state index in [9.17, 15) is 4.79 Å². The summed E-state index contributed by atoms with van der Waals surface area (Å²) in [6, 6.07) is 3.59. The fourth-order valence-electron chi connectivity index (χ4n) is 0.789. The molecule has 4 heteroatoms. The Bertz CT molecular complexity index is 344. The lowest BCUT2D eigenvalue weighted by molar-refractivity contribution is -0.123. The molecular weight excluding hydrogens is 244 g/mol. The van der Waals surface area contributed by atoms with Crippen LogP contribution >= 0.6 is 15.9 Å². The molecule has 0 aliphatic rings. The predicted octanol–water partition coefficient (Wildman–Crippen LogP) is 2.83. The molecule has 0 unspecified atom stereocenters. The van der Waals surface area contributed by atoms with Gasteiger partial charge in [-0.1, -0.05) is 20.8 Å². The Balaban J connectivity index is 2.80. The maximum absolute atomic E-state index is 11.6. The quantitative estimate of drug-likeness (QED) is 0.786. The van der Waals surface area contributed by atoms with Crippen molar-refractivity contribution in [2.75, 3.05) is 5.32 Å². The summed E-state index contributed by atoms with van der Waals surface area (Å²) >= 11 is 3.27. The minimum Gasteiger partial charge on any atom is -0.323 e. The van der Waals surface area contributed by atoms with E-state index in [4.69, 9.17) is 0 Å². The summed E-state index contributed by atoms with van der Waals surface area (Å²) in [6.45, 7) is 5.60. The van der Waals surface area contributed by atoms with Crippen LogP contribution < -0.4 is 5.32 Å². The number of carbonyl (C=O) groups excluding carboxylic acids is 1. The van der Waals surface area contributed by atoms with Gasteiger partial charge in [0.05, 0.1) is 5.69 Å². The Morgan fingerprint density at radius 3 is 2.64 bits per heavy atom. The van der Waals surface area contributed by atoms with Gasteiger partial charge in [-0.3, -0.25) is 4.79 Å². The summed E-state index contributed by atoms with van der Waals surface area (Å²) in [6.07, 6.45) is 1.66. The summed E-state index contributed by atoms with van der Waals surface area (Å²) in [7, 11) is 0. The zero-order valence-corrected chi connectivity index (χ0v) is 10.1. The predicted molar refractivity (Wildman–Crippen MR) is 60.0 cm³/mol. The number of anilines is 1. The molecule has 0 aliphatic heterocycles. The highest BCUT2D eigenvalue weighted by molar-refractivity contribution is 9.10. The van der Waals surface area contributed by atoms with E-state index in [1.165, 1.54) is 0 Å². The van der Waals surface area contributed by atoms with E-state index in [0.29, 0.717) is 10.3 Å². The van der Waals surface area contributed by atoms with Gasteiger partial charge >= 0.3 is 0 Å². The van der Waals surface area contributed by atoms with Crippen LogP contribution in [0.25, 0.3) is 0 Å². The third-order valence-electron chi connectivity index (χ3n) is 1.69. The molecule has 1 rings (SSSR count). The molecule has 14 heavy (non-hydrogen) atoms. The van der Waals surface area contributed by atoms with Crippen LogP contribution in [0, 0.1) is 5.41 Å². The van der Waals surface area contributed by atoms with E-state index < -0.39 is 5.41 Å². The van der Waals surface area contributed by atoms with Crippen LogP contribution in [0.15, 0.2) is 22.9 Å². The largest absolute Gasteiger partial charge is 0.323 e. The van der Waals surface area contributed by atoms with Gasteiger partial charge in [-0.15, -0.1) is 0 Å². The van der Waals surface area contributed by atoms with E-state index in [-0.39, 0.29) is 5.91 Å². The molecule has 0 fully saturated rings. The molecule has 0 spiro atoms. The number of hydrogen-bond donors (Lipinski definition) is 1. The van der Waals surface area contributed by atoms with Gasteiger partial charge in [-0.25, -0.2) is 4.98 Å². The zero-order valence-electron chi connectivity index (χ0n) is 8.47. The molecule has 76 valence electrons. The summed E-state index contributed by atoms with van der Waals surface area (Å²) < 4.78 is 0.651. The van der Waals surface area contributed by atoms with Gasteiger partial charge in [0.2, 0.25) is 5.91 Å². The van der Waals surface area contributed by atoms with Gasteiger partial charge in [-0.2, -0.15) is 0 Å². The fraction of sp³-hybridized carbons (Fsp3) is 0.400. The van der Waals surface area contributed by atoms with Gasteiger partial charge in [0.1, 0.15) is 4.60 Å². The Kier molecular flexibility index (Phi) is 3.26. The SMILES string of the molecule is CC(C)(C)C(=O)Nc1cccnc1Br. The first kappa shape index (κ1) is 11.2. The lowest BCUT2D eigenvalue weighted by atomic mass is 9.96. The van der Waals surface area contributed by atoms with E-state index in [1.54, 1.807) is 18.3 Å². The van der Waals surface area contributed by atoms with Gasteiger partial charge in [0.25, 0.3) is 0 Å². The third kappa shape index (κ3) is 2.80. The van der Waals surface area contributed by atoms with Gasteiger partial charge in [-0.05, 0) is 28.1 Å². The second-order valence-corrected chi connectivity index (χ2v) is 4.80. The molecule has 3 nitrogen and oxygen atoms in total. The molecular formula is C10H13BrN2O. The topological polar surface area (TPSA) is 42.0 Å². The molecule has 1 aromatic rings. The molecule has 1 aromatic heterocycles. The van der Waals surface area contributed by atoms with Crippen molar-refractivity contribution in [1.29, 1.82) is 0 Å². The first-order chi connectivity index (χ1) is 6.41. The second-order valence-electron chi connectivity index (χ2n) is 4.05. The average molecular weight is 257 g/mol. The maximum atomic E-state index is 11.6. The van der Waals surface area contributed by atoms with Gasteiger partial charge in [0, 0.05) is 11.6 Å². The number of aromatic nitrogens is 1. The van der Waals surface area contributed by atoms with Crippen molar-refractivity contribution >= 4 is 27.5 Å². The lowest BCUT2D eigenvalue weighted by Gasteiger charge is -2.17. The highest BCUT2D eigenvalue weighted by Gasteiger charge is 2.21. The van der Waals surface area contributed by atoms with E-state index in [2.05, 4.69) is 26.2 Å². The summed E-state index contributed by atoms with van der Waals surface area (Å²) in [4.78, 5) is 15.6. The smallest absolute Gasteiger partial charge is 0.229 e. The molecule has 1 amide bonds. The maximum Gasteiger partial charge on any atom is 0.229 e. The van der Waals surface area contributed by atoms with Crippen LogP contribution in [0.2, 0.25) is 0 Å². The zero-order chi connectivity index (χ0) is 10.8. The minimum absolute atomic E-state index is 0.0220. The van der Waals surface area contributed by atoms with E-state index in [0.717, 1.165) is 0 Å². The number of carbonyl (C=O) groups is 1. The molecule has 0 saturated carbocycles. The standard InChI is InChI=1S/C10H13BrN2O/c1-10(2,3)9(14)13-7-5-4-6-12-8(7)11/h4-6H,1-3H3,(H,13,14). The highest BCUT2D eigenvalue weighted by atomic mass is 79.9. The molecule has 0 aliphatic carbocycles. The number of nitrogens with one attached hydrogen (secondary N) is 1. The van der Waals surface area contributed by atoms with Gasteiger partial charge < -0.3 is 5.32 Å². The average Bonchev–Trinajstić information content (AvgIpc) is 2.07. The number of rotatable bonds is 1. The van der Waals surface area contributed by atoms with Crippen LogP contribution in [0.5, 0.6) is 0 Å².